The molecule has 6 nitrogen and oxygen atoms in total. The highest BCUT2D eigenvalue weighted by molar-refractivity contribution is 5.80. The van der Waals surface area contributed by atoms with Gasteiger partial charge in [0.25, 0.3) is 5.56 Å². The molecule has 0 N–H and O–H groups in total. The van der Waals surface area contributed by atoms with Crippen molar-refractivity contribution in [3.8, 4) is 0 Å². The summed E-state index contributed by atoms with van der Waals surface area (Å²) in [6.07, 6.45) is 5.25. The van der Waals surface area contributed by atoms with Gasteiger partial charge in [-0.15, -0.1) is 0 Å². The Kier molecular flexibility index (Phi) is 4.66. The number of hydrogen-bond acceptors (Lipinski definition) is 4. The number of piperidine rings is 2. The molecule has 26 heavy (non-hydrogen) atoms. The Balaban J connectivity index is 1.60. The van der Waals surface area contributed by atoms with Crippen molar-refractivity contribution in [2.45, 2.75) is 32.1 Å². The minimum atomic E-state index is -0.0882. The van der Waals surface area contributed by atoms with Crippen LogP contribution in [0, 0.1) is 5.92 Å². The highest BCUT2D eigenvalue weighted by Gasteiger charge is 2.31. The topological polar surface area (TPSA) is 58.4 Å². The number of para-hydroxylation sites is 2. The van der Waals surface area contributed by atoms with Crippen LogP contribution in [0.4, 0.5) is 5.82 Å². The first-order valence-corrected chi connectivity index (χ1v) is 9.64. The lowest BCUT2D eigenvalue weighted by Crippen LogP contribution is -2.47. The largest absolute Gasteiger partial charge is 0.351 e. The molecule has 0 bridgehead atoms. The van der Waals surface area contributed by atoms with E-state index < -0.39 is 0 Å². The minimum absolute atomic E-state index is 0.0279. The summed E-state index contributed by atoms with van der Waals surface area (Å²) in [4.78, 5) is 34.4. The van der Waals surface area contributed by atoms with Gasteiger partial charge >= 0.3 is 0 Å². The van der Waals surface area contributed by atoms with E-state index in [0.29, 0.717) is 12.4 Å². The second-order valence-electron chi connectivity index (χ2n) is 7.46. The molecule has 1 atom stereocenters. The predicted octanol–water partition coefficient (Wildman–Crippen LogP) is 2.16. The van der Waals surface area contributed by atoms with E-state index in [1.807, 2.05) is 34.1 Å². The Labute approximate surface area is 153 Å². The maximum atomic E-state index is 12.9. The van der Waals surface area contributed by atoms with Crippen molar-refractivity contribution in [3.63, 3.8) is 0 Å². The molecule has 1 aromatic carbocycles. The first kappa shape index (κ1) is 17.1. The molecular weight excluding hydrogens is 328 g/mol. The predicted molar refractivity (Wildman–Crippen MR) is 102 cm³/mol. The summed E-state index contributed by atoms with van der Waals surface area (Å²) < 4.78 is 1.66. The maximum Gasteiger partial charge on any atom is 0.293 e. The van der Waals surface area contributed by atoms with Gasteiger partial charge in [0.2, 0.25) is 5.91 Å². The Morgan fingerprint density at radius 1 is 1.08 bits per heavy atom. The fraction of sp³-hybridized carbons (Fsp3) is 0.550. The summed E-state index contributed by atoms with van der Waals surface area (Å²) in [6.45, 7) is 3.14. The first-order valence-electron chi connectivity index (χ1n) is 9.64. The molecule has 138 valence electrons. The lowest BCUT2D eigenvalue weighted by atomic mass is 9.95. The second kappa shape index (κ2) is 7.09. The van der Waals surface area contributed by atoms with E-state index in [1.165, 1.54) is 6.42 Å². The van der Waals surface area contributed by atoms with Crippen LogP contribution in [0.2, 0.25) is 0 Å². The van der Waals surface area contributed by atoms with E-state index >= 15 is 0 Å². The molecule has 4 rings (SSSR count). The van der Waals surface area contributed by atoms with Crippen LogP contribution in [0.5, 0.6) is 0 Å². The third kappa shape index (κ3) is 3.08. The lowest BCUT2D eigenvalue weighted by molar-refractivity contribution is -0.136. The molecule has 2 aliphatic heterocycles. The fourth-order valence-corrected chi connectivity index (χ4v) is 4.21. The summed E-state index contributed by atoms with van der Waals surface area (Å²) in [6, 6.07) is 7.69. The number of amides is 1. The Morgan fingerprint density at radius 3 is 2.65 bits per heavy atom. The first-order chi connectivity index (χ1) is 12.6. The molecule has 2 aromatic rings. The van der Waals surface area contributed by atoms with Gasteiger partial charge in [-0.1, -0.05) is 12.1 Å². The van der Waals surface area contributed by atoms with Crippen molar-refractivity contribution in [2.24, 2.45) is 13.0 Å². The van der Waals surface area contributed by atoms with Gasteiger partial charge in [0.15, 0.2) is 5.82 Å². The molecule has 2 aliphatic rings. The summed E-state index contributed by atoms with van der Waals surface area (Å²) >= 11 is 0. The number of nitrogens with zero attached hydrogens (tertiary/aromatic N) is 4. The van der Waals surface area contributed by atoms with Crippen LogP contribution in [0.3, 0.4) is 0 Å². The number of likely N-dealkylation sites (tertiary alicyclic amines) is 1. The number of aryl methyl sites for hydroxylation is 1. The fourth-order valence-electron chi connectivity index (χ4n) is 4.21. The monoisotopic (exact) mass is 354 g/mol. The van der Waals surface area contributed by atoms with Crippen molar-refractivity contribution in [2.75, 3.05) is 31.1 Å². The molecule has 0 saturated carbocycles. The van der Waals surface area contributed by atoms with E-state index in [-0.39, 0.29) is 17.4 Å². The normalized spacial score (nSPS) is 21.2. The number of aromatic nitrogens is 2. The zero-order valence-corrected chi connectivity index (χ0v) is 15.4. The molecule has 1 unspecified atom stereocenters. The molecule has 0 aliphatic carbocycles. The molecule has 2 saturated heterocycles. The molecule has 0 radical (unpaired) electrons. The van der Waals surface area contributed by atoms with Crippen molar-refractivity contribution in [1.82, 2.24) is 14.5 Å². The van der Waals surface area contributed by atoms with Gasteiger partial charge in [0.05, 0.1) is 17.0 Å². The van der Waals surface area contributed by atoms with Crippen LogP contribution in [0.1, 0.15) is 32.1 Å². The molecule has 6 heteroatoms. The van der Waals surface area contributed by atoms with Crippen LogP contribution < -0.4 is 10.5 Å². The van der Waals surface area contributed by atoms with E-state index in [9.17, 15) is 9.59 Å². The highest BCUT2D eigenvalue weighted by Crippen LogP contribution is 2.24. The Bertz CT molecular complexity index is 870. The zero-order valence-electron chi connectivity index (χ0n) is 15.4. The van der Waals surface area contributed by atoms with Crippen molar-refractivity contribution in [1.29, 1.82) is 0 Å². The van der Waals surface area contributed by atoms with Gasteiger partial charge < -0.3 is 14.4 Å². The number of anilines is 1. The molecule has 3 heterocycles. The third-order valence-corrected chi connectivity index (χ3v) is 5.70. The number of benzene rings is 1. The number of fused-ring (bicyclic) bond motifs is 1. The maximum absolute atomic E-state index is 12.9. The van der Waals surface area contributed by atoms with Gasteiger partial charge in [-0.3, -0.25) is 9.59 Å². The summed E-state index contributed by atoms with van der Waals surface area (Å²) in [5, 5.41) is 0. The van der Waals surface area contributed by atoms with E-state index in [0.717, 1.165) is 56.4 Å². The second-order valence-corrected chi connectivity index (χ2v) is 7.46. The lowest BCUT2D eigenvalue weighted by Gasteiger charge is -2.36. The van der Waals surface area contributed by atoms with Crippen molar-refractivity contribution in [3.05, 3.63) is 34.6 Å². The van der Waals surface area contributed by atoms with Gasteiger partial charge in [-0.25, -0.2) is 4.98 Å². The summed E-state index contributed by atoms with van der Waals surface area (Å²) in [5.74, 6) is 0.703. The van der Waals surface area contributed by atoms with Crippen LogP contribution in [-0.2, 0) is 11.8 Å². The van der Waals surface area contributed by atoms with E-state index in [1.54, 1.807) is 11.6 Å². The van der Waals surface area contributed by atoms with Gasteiger partial charge in [-0.2, -0.15) is 0 Å². The van der Waals surface area contributed by atoms with Crippen molar-refractivity contribution >= 4 is 22.8 Å². The molecule has 0 spiro atoms. The minimum Gasteiger partial charge on any atom is -0.351 e. The Morgan fingerprint density at radius 2 is 1.85 bits per heavy atom. The number of carbonyl (C=O) groups is 1. The molecule has 1 aromatic heterocycles. The Hall–Kier alpha value is -2.37. The molecular formula is C20H26N4O2. The highest BCUT2D eigenvalue weighted by atomic mass is 16.2. The number of hydrogen-bond donors (Lipinski definition) is 0. The van der Waals surface area contributed by atoms with Gasteiger partial charge in [0, 0.05) is 33.2 Å². The average Bonchev–Trinajstić information content (AvgIpc) is 2.71. The number of carbonyl (C=O) groups excluding carboxylic acids is 1. The third-order valence-electron chi connectivity index (χ3n) is 5.70. The zero-order chi connectivity index (χ0) is 18.1. The van der Waals surface area contributed by atoms with Gasteiger partial charge in [0.1, 0.15) is 0 Å². The van der Waals surface area contributed by atoms with E-state index in [4.69, 9.17) is 0 Å². The standard InChI is InChI=1S/C20H26N4O2/c1-22-17-10-4-3-9-16(17)21-18(20(22)26)24-13-7-8-15(14-24)19(25)23-11-5-2-6-12-23/h3-4,9-10,15H,2,5-8,11-14H2,1H3. The van der Waals surface area contributed by atoms with E-state index in [2.05, 4.69) is 4.98 Å². The van der Waals surface area contributed by atoms with Gasteiger partial charge in [-0.05, 0) is 44.2 Å². The quantitative estimate of drug-likeness (QED) is 0.829. The smallest absolute Gasteiger partial charge is 0.293 e. The summed E-state index contributed by atoms with van der Waals surface area (Å²) in [5.41, 5.74) is 1.56. The molecule has 2 fully saturated rings. The van der Waals surface area contributed by atoms with Crippen LogP contribution in [-0.4, -0.2) is 46.5 Å². The van der Waals surface area contributed by atoms with Crippen LogP contribution in [0.15, 0.2) is 29.1 Å². The van der Waals surface area contributed by atoms with Crippen molar-refractivity contribution < 1.29 is 4.79 Å². The average molecular weight is 354 g/mol. The van der Waals surface area contributed by atoms with Crippen LogP contribution >= 0.6 is 0 Å². The molecule has 1 amide bonds. The van der Waals surface area contributed by atoms with Crippen LogP contribution in [0.25, 0.3) is 11.0 Å². The number of rotatable bonds is 2. The SMILES string of the molecule is Cn1c(=O)c(N2CCCC(C(=O)N3CCCCC3)C2)nc2ccccc21. The summed E-state index contributed by atoms with van der Waals surface area (Å²) in [7, 11) is 1.79.